The van der Waals surface area contributed by atoms with Crippen LogP contribution in [-0.2, 0) is 19.1 Å². The number of carbonyl (C=O) groups excluding carboxylic acids is 2. The van der Waals surface area contributed by atoms with E-state index < -0.39 is 0 Å². The summed E-state index contributed by atoms with van der Waals surface area (Å²) in [5.41, 5.74) is 0. The summed E-state index contributed by atoms with van der Waals surface area (Å²) in [6.45, 7) is 9.79. The minimum absolute atomic E-state index is 0.00133. The molecule has 6 heteroatoms. The van der Waals surface area contributed by atoms with Crippen LogP contribution in [0.25, 0.3) is 0 Å². The number of carbonyl (C=O) groups is 2. The Bertz CT molecular complexity index is 347. The maximum atomic E-state index is 12.7. The Balaban J connectivity index is 2.68. The third-order valence-electron chi connectivity index (χ3n) is 3.57. The molecule has 21 heavy (non-hydrogen) atoms. The smallest absolute Gasteiger partial charge is 0.325 e. The highest BCUT2D eigenvalue weighted by atomic mass is 16.5. The molecule has 0 bridgehead atoms. The number of esters is 1. The molecule has 2 atom stereocenters. The summed E-state index contributed by atoms with van der Waals surface area (Å²) in [6, 6.07) is -0.0183. The van der Waals surface area contributed by atoms with Crippen molar-refractivity contribution < 1.29 is 19.1 Å². The summed E-state index contributed by atoms with van der Waals surface area (Å²) < 4.78 is 10.4. The van der Waals surface area contributed by atoms with E-state index in [-0.39, 0.29) is 36.4 Å². The molecule has 0 spiro atoms. The van der Waals surface area contributed by atoms with Crippen LogP contribution in [0.5, 0.6) is 0 Å². The number of rotatable bonds is 8. The molecule has 0 aromatic heterocycles. The average Bonchev–Trinajstić information content (AvgIpc) is 2.90. The minimum Gasteiger partial charge on any atom is -0.465 e. The zero-order valence-electron chi connectivity index (χ0n) is 13.6. The molecule has 0 aromatic rings. The molecule has 0 aliphatic carbocycles. The molecule has 1 saturated heterocycles. The van der Waals surface area contributed by atoms with Crippen LogP contribution in [0.15, 0.2) is 0 Å². The molecule has 6 nitrogen and oxygen atoms in total. The first-order valence-electron chi connectivity index (χ1n) is 7.78. The van der Waals surface area contributed by atoms with E-state index in [2.05, 4.69) is 12.2 Å². The molecular weight excluding hydrogens is 272 g/mol. The van der Waals surface area contributed by atoms with E-state index in [1.54, 1.807) is 11.8 Å². The van der Waals surface area contributed by atoms with Crippen molar-refractivity contribution in [2.45, 2.75) is 46.2 Å². The van der Waals surface area contributed by atoms with Crippen molar-refractivity contribution in [2.24, 2.45) is 5.92 Å². The fraction of sp³-hybridized carbons (Fsp3) is 0.867. The fourth-order valence-electron chi connectivity index (χ4n) is 2.40. The van der Waals surface area contributed by atoms with E-state index in [1.807, 2.05) is 13.8 Å². The highest BCUT2D eigenvalue weighted by Gasteiger charge is 2.37. The van der Waals surface area contributed by atoms with Crippen molar-refractivity contribution in [1.82, 2.24) is 10.2 Å². The van der Waals surface area contributed by atoms with Crippen LogP contribution in [0, 0.1) is 5.92 Å². The lowest BCUT2D eigenvalue weighted by molar-refractivity contribution is -0.151. The van der Waals surface area contributed by atoms with Crippen LogP contribution < -0.4 is 5.32 Å². The van der Waals surface area contributed by atoms with Crippen LogP contribution in [0.1, 0.15) is 34.1 Å². The van der Waals surface area contributed by atoms with Gasteiger partial charge in [-0.25, -0.2) is 0 Å². The highest BCUT2D eigenvalue weighted by Crippen LogP contribution is 2.18. The van der Waals surface area contributed by atoms with Gasteiger partial charge in [0.15, 0.2) is 0 Å². The SMILES string of the molecule is CCCNC1COCC1C(=O)N(CC(=O)OCC)C(C)C. The molecule has 1 amide bonds. The standard InChI is InChI=1S/C15H28N2O4/c1-5-7-16-13-10-20-9-12(13)15(19)17(11(3)4)8-14(18)21-6-2/h11-13,16H,5-10H2,1-4H3. The molecule has 0 aromatic carbocycles. The monoisotopic (exact) mass is 300 g/mol. The maximum absolute atomic E-state index is 12.7. The second-order valence-electron chi connectivity index (χ2n) is 5.57. The minimum atomic E-state index is -0.364. The van der Waals surface area contributed by atoms with Gasteiger partial charge in [-0.15, -0.1) is 0 Å². The Morgan fingerprint density at radius 3 is 2.62 bits per heavy atom. The Kier molecular flexibility index (Phi) is 7.67. The first-order chi connectivity index (χ1) is 10.0. The molecule has 0 saturated carbocycles. The Morgan fingerprint density at radius 2 is 2.05 bits per heavy atom. The summed E-state index contributed by atoms with van der Waals surface area (Å²) in [5, 5.41) is 3.35. The van der Waals surface area contributed by atoms with Gasteiger partial charge in [0.05, 0.1) is 25.7 Å². The third-order valence-corrected chi connectivity index (χ3v) is 3.57. The quantitative estimate of drug-likeness (QED) is 0.672. The van der Waals surface area contributed by atoms with Gasteiger partial charge in [-0.1, -0.05) is 6.92 Å². The molecule has 1 N–H and O–H groups in total. The summed E-state index contributed by atoms with van der Waals surface area (Å²) >= 11 is 0. The van der Waals surface area contributed by atoms with Gasteiger partial charge in [-0.2, -0.15) is 0 Å². The van der Waals surface area contributed by atoms with Crippen molar-refractivity contribution in [1.29, 1.82) is 0 Å². The second kappa shape index (κ2) is 9.00. The van der Waals surface area contributed by atoms with E-state index in [0.29, 0.717) is 19.8 Å². The lowest BCUT2D eigenvalue weighted by Crippen LogP contribution is -2.49. The largest absolute Gasteiger partial charge is 0.465 e. The van der Waals surface area contributed by atoms with Crippen LogP contribution in [0.3, 0.4) is 0 Å². The Morgan fingerprint density at radius 1 is 1.33 bits per heavy atom. The fourth-order valence-corrected chi connectivity index (χ4v) is 2.40. The third kappa shape index (κ3) is 5.28. The van der Waals surface area contributed by atoms with Crippen molar-refractivity contribution >= 4 is 11.9 Å². The molecule has 1 aliphatic rings. The molecule has 1 aliphatic heterocycles. The Hall–Kier alpha value is -1.14. The molecule has 1 rings (SSSR count). The normalized spacial score (nSPS) is 21.6. The van der Waals surface area contributed by atoms with Crippen molar-refractivity contribution in [3.05, 3.63) is 0 Å². The van der Waals surface area contributed by atoms with E-state index in [1.165, 1.54) is 0 Å². The number of nitrogens with zero attached hydrogens (tertiary/aromatic N) is 1. The number of hydrogen-bond acceptors (Lipinski definition) is 5. The first kappa shape index (κ1) is 17.9. The van der Waals surface area contributed by atoms with Gasteiger partial charge in [0.2, 0.25) is 5.91 Å². The number of hydrogen-bond donors (Lipinski definition) is 1. The zero-order valence-corrected chi connectivity index (χ0v) is 13.6. The van der Waals surface area contributed by atoms with Crippen LogP contribution in [0.2, 0.25) is 0 Å². The van der Waals surface area contributed by atoms with Crippen molar-refractivity contribution in [2.75, 3.05) is 32.9 Å². The molecule has 1 fully saturated rings. The first-order valence-corrected chi connectivity index (χ1v) is 7.78. The van der Waals surface area contributed by atoms with Crippen molar-refractivity contribution in [3.8, 4) is 0 Å². The van der Waals surface area contributed by atoms with Gasteiger partial charge >= 0.3 is 5.97 Å². The van der Waals surface area contributed by atoms with E-state index >= 15 is 0 Å². The maximum Gasteiger partial charge on any atom is 0.325 e. The van der Waals surface area contributed by atoms with E-state index in [0.717, 1.165) is 13.0 Å². The van der Waals surface area contributed by atoms with Gasteiger partial charge in [0.1, 0.15) is 6.54 Å². The van der Waals surface area contributed by atoms with E-state index in [9.17, 15) is 9.59 Å². The number of ether oxygens (including phenoxy) is 2. The van der Waals surface area contributed by atoms with Crippen LogP contribution in [-0.4, -0.2) is 61.8 Å². The van der Waals surface area contributed by atoms with Gasteiger partial charge in [0.25, 0.3) is 0 Å². The summed E-state index contributed by atoms with van der Waals surface area (Å²) in [7, 11) is 0. The topological polar surface area (TPSA) is 67.9 Å². The molecule has 0 radical (unpaired) electrons. The molecule has 122 valence electrons. The van der Waals surface area contributed by atoms with Crippen LogP contribution in [0.4, 0.5) is 0 Å². The highest BCUT2D eigenvalue weighted by molar-refractivity contribution is 5.84. The predicted octanol–water partition coefficient (Wildman–Crippen LogP) is 0.801. The van der Waals surface area contributed by atoms with Crippen molar-refractivity contribution in [3.63, 3.8) is 0 Å². The molecule has 2 unspecified atom stereocenters. The average molecular weight is 300 g/mol. The van der Waals surface area contributed by atoms with Gasteiger partial charge < -0.3 is 19.7 Å². The zero-order chi connectivity index (χ0) is 15.8. The summed E-state index contributed by atoms with van der Waals surface area (Å²) in [6.07, 6.45) is 1.01. The Labute approximate surface area is 127 Å². The van der Waals surface area contributed by atoms with Crippen LogP contribution >= 0.6 is 0 Å². The van der Waals surface area contributed by atoms with Gasteiger partial charge in [-0.3, -0.25) is 9.59 Å². The molecular formula is C15H28N2O4. The molecule has 1 heterocycles. The van der Waals surface area contributed by atoms with Gasteiger partial charge in [-0.05, 0) is 33.7 Å². The summed E-state index contributed by atoms with van der Waals surface area (Å²) in [5.74, 6) is -0.630. The summed E-state index contributed by atoms with van der Waals surface area (Å²) in [4.78, 5) is 25.9. The van der Waals surface area contributed by atoms with Gasteiger partial charge in [0, 0.05) is 12.1 Å². The lowest BCUT2D eigenvalue weighted by Gasteiger charge is -2.30. The second-order valence-corrected chi connectivity index (χ2v) is 5.57. The number of nitrogens with one attached hydrogen (secondary N) is 1. The predicted molar refractivity (Wildman–Crippen MR) is 79.9 cm³/mol. The lowest BCUT2D eigenvalue weighted by atomic mass is 10.0. The van der Waals surface area contributed by atoms with E-state index in [4.69, 9.17) is 9.47 Å². The number of amides is 1.